The first kappa shape index (κ1) is 24.1. The van der Waals surface area contributed by atoms with Gasteiger partial charge in [0.2, 0.25) is 17.7 Å². The summed E-state index contributed by atoms with van der Waals surface area (Å²) in [6.07, 6.45) is 3.19. The highest BCUT2D eigenvalue weighted by Crippen LogP contribution is 2.40. The summed E-state index contributed by atoms with van der Waals surface area (Å²) in [6, 6.07) is 11.2. The maximum absolute atomic E-state index is 12.9. The molecule has 2 heterocycles. The number of rotatable bonds is 5. The van der Waals surface area contributed by atoms with Crippen LogP contribution < -0.4 is 19.3 Å². The van der Waals surface area contributed by atoms with Crippen molar-refractivity contribution in [2.45, 2.75) is 26.2 Å². The van der Waals surface area contributed by atoms with Crippen LogP contribution in [0.25, 0.3) is 0 Å². The molecule has 1 aliphatic carbocycles. The predicted octanol–water partition coefficient (Wildman–Crippen LogP) is 4.15. The molecule has 2 saturated heterocycles. The van der Waals surface area contributed by atoms with Crippen LogP contribution in [0.4, 0.5) is 11.4 Å². The van der Waals surface area contributed by atoms with E-state index >= 15 is 0 Å². The molecule has 0 unspecified atom stereocenters. The average molecular weight is 509 g/mol. The Morgan fingerprint density at radius 1 is 1.00 bits per heavy atom. The largest absolute Gasteiger partial charge is 0.495 e. The molecule has 0 N–H and O–H groups in total. The van der Waals surface area contributed by atoms with Crippen molar-refractivity contribution in [2.75, 3.05) is 23.5 Å². The van der Waals surface area contributed by atoms with Gasteiger partial charge in [-0.05, 0) is 62.2 Å². The van der Waals surface area contributed by atoms with E-state index in [4.69, 9.17) is 21.1 Å². The Bertz CT molecular complexity index is 1290. The third-order valence-electron chi connectivity index (χ3n) is 7.03. The van der Waals surface area contributed by atoms with Crippen molar-refractivity contribution >= 4 is 46.7 Å². The fourth-order valence-electron chi connectivity index (χ4n) is 5.13. The second-order valence-corrected chi connectivity index (χ2v) is 9.79. The van der Waals surface area contributed by atoms with Crippen molar-refractivity contribution in [2.24, 2.45) is 17.8 Å². The normalized spacial score (nSPS) is 23.6. The number of benzene rings is 2. The molecule has 3 aliphatic rings. The molecule has 0 saturated carbocycles. The van der Waals surface area contributed by atoms with Gasteiger partial charge in [0.25, 0.3) is 0 Å². The Labute approximate surface area is 213 Å². The van der Waals surface area contributed by atoms with Crippen molar-refractivity contribution in [3.63, 3.8) is 0 Å². The maximum Gasteiger partial charge on any atom is 0.316 e. The molecule has 0 radical (unpaired) electrons. The first-order chi connectivity index (χ1) is 17.3. The van der Waals surface area contributed by atoms with Crippen LogP contribution in [0.15, 0.2) is 54.1 Å². The van der Waals surface area contributed by atoms with Crippen LogP contribution in [-0.2, 0) is 19.2 Å². The molecule has 8 nitrogen and oxygen atoms in total. The smallest absolute Gasteiger partial charge is 0.316 e. The van der Waals surface area contributed by atoms with E-state index in [0.29, 0.717) is 35.0 Å². The number of anilines is 2. The molecule has 2 fully saturated rings. The van der Waals surface area contributed by atoms with Crippen LogP contribution in [0.1, 0.15) is 26.2 Å². The predicted molar refractivity (Wildman–Crippen MR) is 133 cm³/mol. The quantitative estimate of drug-likeness (QED) is 0.261. The van der Waals surface area contributed by atoms with Crippen LogP contribution in [0.2, 0.25) is 5.02 Å². The van der Waals surface area contributed by atoms with E-state index in [2.05, 4.69) is 0 Å². The lowest BCUT2D eigenvalue weighted by atomic mass is 9.82. The number of fused-ring (bicyclic) bond motifs is 1. The highest BCUT2D eigenvalue weighted by atomic mass is 35.5. The van der Waals surface area contributed by atoms with E-state index in [1.54, 1.807) is 42.5 Å². The average Bonchev–Trinajstić information content (AvgIpc) is 3.36. The van der Waals surface area contributed by atoms with Gasteiger partial charge in [-0.15, -0.1) is 0 Å². The molecule has 0 aromatic heterocycles. The van der Waals surface area contributed by atoms with Gasteiger partial charge in [-0.1, -0.05) is 23.3 Å². The Morgan fingerprint density at radius 2 is 1.72 bits per heavy atom. The molecule has 36 heavy (non-hydrogen) atoms. The summed E-state index contributed by atoms with van der Waals surface area (Å²) in [5, 5.41) is 0.449. The molecule has 0 bridgehead atoms. The minimum absolute atomic E-state index is 0.000402. The standard InChI is InChI=1S/C27H25ClN2O6/c1-15-3-9-20-21(11-15)26(33)30(25(20)32)18-5-7-19(8-6-18)36-27(34)16-12-24(31)29(14-16)22-13-17(28)4-10-23(22)35-2/h3-8,10,13,16,20-21H,9,11-12,14H2,1-2H3/t16-,20-,21+/m1/s1. The molecular weight excluding hydrogens is 484 g/mol. The van der Waals surface area contributed by atoms with E-state index in [0.717, 1.165) is 5.57 Å². The summed E-state index contributed by atoms with van der Waals surface area (Å²) in [5.41, 5.74) is 2.08. The number of hydrogen-bond acceptors (Lipinski definition) is 6. The van der Waals surface area contributed by atoms with Gasteiger partial charge in [0.05, 0.1) is 36.2 Å². The summed E-state index contributed by atoms with van der Waals surface area (Å²) in [4.78, 5) is 54.0. The van der Waals surface area contributed by atoms with Crippen LogP contribution in [0, 0.1) is 17.8 Å². The number of amides is 3. The van der Waals surface area contributed by atoms with Gasteiger partial charge in [0.1, 0.15) is 11.5 Å². The molecule has 2 aromatic rings. The minimum Gasteiger partial charge on any atom is -0.495 e. The second kappa shape index (κ2) is 9.43. The van der Waals surface area contributed by atoms with Gasteiger partial charge < -0.3 is 14.4 Å². The van der Waals surface area contributed by atoms with Crippen molar-refractivity contribution in [3.8, 4) is 11.5 Å². The molecule has 2 aromatic carbocycles. The Kier molecular flexibility index (Phi) is 6.30. The number of allylic oxidation sites excluding steroid dienone is 2. The topological polar surface area (TPSA) is 93.2 Å². The van der Waals surface area contributed by atoms with Gasteiger partial charge in [0, 0.05) is 18.0 Å². The number of esters is 1. The zero-order chi connectivity index (χ0) is 25.6. The molecule has 3 amide bonds. The second-order valence-electron chi connectivity index (χ2n) is 9.35. The molecule has 0 spiro atoms. The number of carbonyl (C=O) groups is 4. The fourth-order valence-corrected chi connectivity index (χ4v) is 5.29. The highest BCUT2D eigenvalue weighted by molar-refractivity contribution is 6.31. The first-order valence-corrected chi connectivity index (χ1v) is 12.1. The Morgan fingerprint density at radius 3 is 2.44 bits per heavy atom. The number of hydrogen-bond donors (Lipinski definition) is 0. The number of ether oxygens (including phenoxy) is 2. The van der Waals surface area contributed by atoms with Gasteiger partial charge in [-0.2, -0.15) is 0 Å². The van der Waals surface area contributed by atoms with Crippen LogP contribution in [0.3, 0.4) is 0 Å². The van der Waals surface area contributed by atoms with Crippen LogP contribution >= 0.6 is 11.6 Å². The lowest BCUT2D eigenvalue weighted by Gasteiger charge is -2.19. The molecular formula is C27H25ClN2O6. The number of nitrogens with zero attached hydrogens (tertiary/aromatic N) is 2. The van der Waals surface area contributed by atoms with Crippen molar-refractivity contribution in [1.82, 2.24) is 0 Å². The van der Waals surface area contributed by atoms with E-state index in [9.17, 15) is 19.2 Å². The van der Waals surface area contributed by atoms with E-state index in [-0.39, 0.29) is 48.3 Å². The summed E-state index contributed by atoms with van der Waals surface area (Å²) in [5.74, 6) is -1.71. The molecule has 186 valence electrons. The SMILES string of the molecule is COc1ccc(Cl)cc1N1C[C@H](C(=O)Oc2ccc(N3C(=O)[C@H]4CC(C)=CC[C@H]4C3=O)cc2)CC1=O. The van der Waals surface area contributed by atoms with Crippen molar-refractivity contribution in [3.05, 3.63) is 59.1 Å². The number of methoxy groups -OCH3 is 1. The summed E-state index contributed by atoms with van der Waals surface area (Å²) >= 11 is 6.09. The zero-order valence-corrected chi connectivity index (χ0v) is 20.7. The first-order valence-electron chi connectivity index (χ1n) is 11.8. The number of carbonyl (C=O) groups excluding carboxylic acids is 4. The van der Waals surface area contributed by atoms with E-state index < -0.39 is 11.9 Å². The number of halogens is 1. The monoisotopic (exact) mass is 508 g/mol. The molecule has 5 rings (SSSR count). The van der Waals surface area contributed by atoms with Gasteiger partial charge in [-0.25, -0.2) is 0 Å². The van der Waals surface area contributed by atoms with Gasteiger partial charge in [-0.3, -0.25) is 24.1 Å². The lowest BCUT2D eigenvalue weighted by Crippen LogP contribution is -2.30. The Balaban J connectivity index is 1.26. The minimum atomic E-state index is -0.665. The molecule has 9 heteroatoms. The van der Waals surface area contributed by atoms with Crippen molar-refractivity contribution < 1.29 is 28.7 Å². The summed E-state index contributed by atoms with van der Waals surface area (Å²) in [6.45, 7) is 2.11. The van der Waals surface area contributed by atoms with Crippen molar-refractivity contribution in [1.29, 1.82) is 0 Å². The van der Waals surface area contributed by atoms with Gasteiger partial charge in [0.15, 0.2) is 0 Å². The zero-order valence-electron chi connectivity index (χ0n) is 19.9. The third-order valence-corrected chi connectivity index (χ3v) is 7.26. The van der Waals surface area contributed by atoms with E-state index in [1.807, 2.05) is 13.0 Å². The van der Waals surface area contributed by atoms with E-state index in [1.165, 1.54) is 16.9 Å². The lowest BCUT2D eigenvalue weighted by molar-refractivity contribution is -0.139. The summed E-state index contributed by atoms with van der Waals surface area (Å²) in [7, 11) is 1.50. The van der Waals surface area contributed by atoms with Gasteiger partial charge >= 0.3 is 5.97 Å². The summed E-state index contributed by atoms with van der Waals surface area (Å²) < 4.78 is 10.9. The third kappa shape index (κ3) is 4.26. The molecule has 3 atom stereocenters. The van der Waals surface area contributed by atoms with Crippen LogP contribution in [-0.4, -0.2) is 37.3 Å². The molecule has 2 aliphatic heterocycles. The Hall–Kier alpha value is -3.65. The highest BCUT2D eigenvalue weighted by Gasteiger charge is 2.48. The maximum atomic E-state index is 12.9. The fraction of sp³-hybridized carbons (Fsp3) is 0.333. The number of imide groups is 1. The van der Waals surface area contributed by atoms with Crippen LogP contribution in [0.5, 0.6) is 11.5 Å².